The first kappa shape index (κ1) is 23.6. The molecule has 0 saturated carbocycles. The number of fused-ring (bicyclic) bond motifs is 5. The van der Waals surface area contributed by atoms with Crippen LogP contribution < -0.4 is 5.32 Å². The normalized spacial score (nSPS) is 15.1. The average Bonchev–Trinajstić information content (AvgIpc) is 3.38. The van der Waals surface area contributed by atoms with Crippen LogP contribution in [0.1, 0.15) is 30.4 Å². The van der Waals surface area contributed by atoms with Crippen LogP contribution in [0.5, 0.6) is 0 Å². The molecule has 3 aliphatic rings. The van der Waals surface area contributed by atoms with E-state index >= 15 is 0 Å². The van der Waals surface area contributed by atoms with Crippen LogP contribution in [0.4, 0.5) is 5.69 Å². The predicted octanol–water partition coefficient (Wildman–Crippen LogP) is 10.7. The van der Waals surface area contributed by atoms with Crippen molar-refractivity contribution in [2.75, 3.05) is 5.32 Å². The number of nitrogens with zero attached hydrogens (tertiary/aromatic N) is 1. The summed E-state index contributed by atoms with van der Waals surface area (Å²) in [6.45, 7) is 0. The Bertz CT molecular complexity index is 2140. The van der Waals surface area contributed by atoms with Crippen molar-refractivity contribution >= 4 is 38.9 Å². The number of allylic oxidation sites excluding steroid dienone is 5. The Kier molecular flexibility index (Phi) is 5.18. The SMILES string of the molecule is C1=CCCC(n2c3ccc(-c4ccccc4)cc3c3cc4c(cc32)NC2=CCCc3c(-c5ccccc5)ccc-4c32)=C1. The number of anilines is 1. The van der Waals surface area contributed by atoms with Gasteiger partial charge in [0.2, 0.25) is 0 Å². The van der Waals surface area contributed by atoms with Gasteiger partial charge in [0, 0.05) is 39.0 Å². The second kappa shape index (κ2) is 9.22. The van der Waals surface area contributed by atoms with Gasteiger partial charge < -0.3 is 9.88 Å². The lowest BCUT2D eigenvalue weighted by Gasteiger charge is -2.31. The molecular weight excluding hydrogens is 508 g/mol. The molecule has 0 radical (unpaired) electrons. The van der Waals surface area contributed by atoms with Crippen molar-refractivity contribution in [2.45, 2.75) is 25.7 Å². The van der Waals surface area contributed by atoms with Crippen LogP contribution in [0.2, 0.25) is 0 Å². The van der Waals surface area contributed by atoms with Gasteiger partial charge in [0.25, 0.3) is 0 Å². The van der Waals surface area contributed by atoms with Gasteiger partial charge in [-0.25, -0.2) is 0 Å². The number of nitrogens with one attached hydrogen (secondary N) is 1. The Balaban J connectivity index is 1.32. The van der Waals surface area contributed by atoms with Crippen LogP contribution in [0.25, 0.3) is 66.6 Å². The van der Waals surface area contributed by atoms with Gasteiger partial charge in [-0.1, -0.05) is 97.1 Å². The maximum absolute atomic E-state index is 3.89. The fraction of sp³-hybridized carbons (Fsp3) is 0.100. The molecule has 6 aromatic rings. The molecule has 1 aliphatic heterocycles. The molecule has 200 valence electrons. The molecule has 0 fully saturated rings. The molecule has 0 unspecified atom stereocenters. The zero-order valence-corrected chi connectivity index (χ0v) is 23.4. The van der Waals surface area contributed by atoms with Crippen molar-refractivity contribution in [1.82, 2.24) is 4.57 Å². The van der Waals surface area contributed by atoms with Gasteiger partial charge in [0.1, 0.15) is 0 Å². The Morgan fingerprint density at radius 2 is 1.38 bits per heavy atom. The van der Waals surface area contributed by atoms with Crippen molar-refractivity contribution < 1.29 is 0 Å². The summed E-state index contributed by atoms with van der Waals surface area (Å²) in [6.07, 6.45) is 13.4. The molecule has 0 saturated heterocycles. The van der Waals surface area contributed by atoms with Crippen molar-refractivity contribution in [3.05, 3.63) is 139 Å². The number of aromatic nitrogens is 1. The van der Waals surface area contributed by atoms with E-state index in [9.17, 15) is 0 Å². The van der Waals surface area contributed by atoms with Crippen LogP contribution in [0, 0.1) is 0 Å². The minimum Gasteiger partial charge on any atom is -0.355 e. The number of hydrogen-bond acceptors (Lipinski definition) is 1. The van der Waals surface area contributed by atoms with E-state index in [0.29, 0.717) is 0 Å². The second-order valence-corrected chi connectivity index (χ2v) is 11.6. The van der Waals surface area contributed by atoms with Crippen LogP contribution in [0.15, 0.2) is 127 Å². The van der Waals surface area contributed by atoms with E-state index in [2.05, 4.69) is 137 Å². The fourth-order valence-electron chi connectivity index (χ4n) is 7.34. The largest absolute Gasteiger partial charge is 0.355 e. The molecule has 0 spiro atoms. The summed E-state index contributed by atoms with van der Waals surface area (Å²) < 4.78 is 2.50. The first-order valence-electron chi connectivity index (χ1n) is 15.1. The number of rotatable bonds is 3. The minimum absolute atomic E-state index is 1.04. The van der Waals surface area contributed by atoms with Crippen molar-refractivity contribution in [3.63, 3.8) is 0 Å². The van der Waals surface area contributed by atoms with E-state index in [-0.39, 0.29) is 0 Å². The van der Waals surface area contributed by atoms with Crippen LogP contribution in [0.3, 0.4) is 0 Å². The Morgan fingerprint density at radius 3 is 2.19 bits per heavy atom. The van der Waals surface area contributed by atoms with E-state index in [4.69, 9.17) is 0 Å². The van der Waals surface area contributed by atoms with Gasteiger partial charge >= 0.3 is 0 Å². The molecule has 2 nitrogen and oxygen atoms in total. The van der Waals surface area contributed by atoms with Gasteiger partial charge in [-0.2, -0.15) is 0 Å². The van der Waals surface area contributed by atoms with E-state index in [1.165, 1.54) is 83.4 Å². The Labute approximate surface area is 245 Å². The molecule has 9 rings (SSSR count). The average molecular weight is 539 g/mol. The Morgan fingerprint density at radius 1 is 0.595 bits per heavy atom. The van der Waals surface area contributed by atoms with Gasteiger partial charge in [0.15, 0.2) is 0 Å². The zero-order valence-electron chi connectivity index (χ0n) is 23.4. The summed E-state index contributed by atoms with van der Waals surface area (Å²) in [5.41, 5.74) is 17.0. The first-order valence-corrected chi connectivity index (χ1v) is 15.1. The smallest absolute Gasteiger partial charge is 0.0558 e. The molecule has 2 aliphatic carbocycles. The third-order valence-electron chi connectivity index (χ3n) is 9.26. The maximum atomic E-state index is 3.89. The summed E-state index contributed by atoms with van der Waals surface area (Å²) in [6, 6.07) is 38.1. The molecule has 1 N–H and O–H groups in total. The van der Waals surface area contributed by atoms with Crippen molar-refractivity contribution in [3.8, 4) is 33.4 Å². The molecule has 0 amide bonds. The molecule has 42 heavy (non-hydrogen) atoms. The van der Waals surface area contributed by atoms with Crippen LogP contribution >= 0.6 is 0 Å². The Hall–Kier alpha value is -5.08. The highest BCUT2D eigenvalue weighted by molar-refractivity contribution is 6.15. The third kappa shape index (κ3) is 3.51. The molecule has 0 atom stereocenters. The summed E-state index contributed by atoms with van der Waals surface area (Å²) in [7, 11) is 0. The lowest BCUT2D eigenvalue weighted by Crippen LogP contribution is -2.14. The molecule has 2 heteroatoms. The van der Waals surface area contributed by atoms with E-state index in [0.717, 1.165) is 25.7 Å². The second-order valence-electron chi connectivity index (χ2n) is 11.6. The fourth-order valence-corrected chi connectivity index (χ4v) is 7.34. The zero-order chi connectivity index (χ0) is 27.6. The van der Waals surface area contributed by atoms with Gasteiger partial charge in [-0.15, -0.1) is 0 Å². The summed E-state index contributed by atoms with van der Waals surface area (Å²) in [5, 5.41) is 6.51. The highest BCUT2D eigenvalue weighted by Gasteiger charge is 2.28. The van der Waals surface area contributed by atoms with Gasteiger partial charge in [-0.05, 0) is 89.4 Å². The quantitative estimate of drug-likeness (QED) is 0.237. The van der Waals surface area contributed by atoms with Crippen LogP contribution in [-0.2, 0) is 6.42 Å². The number of benzene rings is 5. The monoisotopic (exact) mass is 538 g/mol. The third-order valence-corrected chi connectivity index (χ3v) is 9.26. The summed E-state index contributed by atoms with van der Waals surface area (Å²) >= 11 is 0. The molecule has 1 aromatic heterocycles. The molecule has 2 heterocycles. The van der Waals surface area contributed by atoms with E-state index in [1.54, 1.807) is 0 Å². The standard InChI is InChI=1S/C40H30N2/c1-4-11-26(12-5-1)28-19-22-38-34(23-28)35-24-33-32-21-20-30(27-13-6-2-7-14-27)31-17-10-18-36(40(31)32)41-37(33)25-39(35)42(38)29-15-8-3-9-16-29/h1-8,11-15,18-25,41H,9-10,16-17H2. The van der Waals surface area contributed by atoms with Crippen LogP contribution in [-0.4, -0.2) is 4.57 Å². The summed E-state index contributed by atoms with van der Waals surface area (Å²) in [5.74, 6) is 0. The lowest BCUT2D eigenvalue weighted by atomic mass is 9.80. The lowest BCUT2D eigenvalue weighted by molar-refractivity contribution is 0.976. The highest BCUT2D eigenvalue weighted by atomic mass is 15.0. The predicted molar refractivity (Wildman–Crippen MR) is 178 cm³/mol. The maximum Gasteiger partial charge on any atom is 0.0558 e. The first-order chi connectivity index (χ1) is 20.8. The molecular formula is C40H30N2. The van der Waals surface area contributed by atoms with Crippen molar-refractivity contribution in [2.24, 2.45) is 0 Å². The topological polar surface area (TPSA) is 17.0 Å². The van der Waals surface area contributed by atoms with Crippen molar-refractivity contribution in [1.29, 1.82) is 0 Å². The number of hydrogen-bond donors (Lipinski definition) is 1. The highest BCUT2D eigenvalue weighted by Crippen LogP contribution is 2.49. The van der Waals surface area contributed by atoms with E-state index < -0.39 is 0 Å². The van der Waals surface area contributed by atoms with Gasteiger partial charge in [-0.3, -0.25) is 0 Å². The minimum atomic E-state index is 1.04. The van der Waals surface area contributed by atoms with Gasteiger partial charge in [0.05, 0.1) is 11.0 Å². The molecule has 0 bridgehead atoms. The summed E-state index contributed by atoms with van der Waals surface area (Å²) in [4.78, 5) is 0. The van der Waals surface area contributed by atoms with E-state index in [1.807, 2.05) is 0 Å². The molecule has 5 aromatic carbocycles.